The number of nitrogens with zero attached hydrogens (tertiary/aromatic N) is 1. The van der Waals surface area contributed by atoms with E-state index in [4.69, 9.17) is 5.73 Å². The van der Waals surface area contributed by atoms with Crippen LogP contribution >= 0.6 is 15.9 Å². The highest BCUT2D eigenvalue weighted by atomic mass is 79.9. The Morgan fingerprint density at radius 3 is 2.52 bits per heavy atom. The molecule has 0 amide bonds. The average molecular weight is 365 g/mol. The molecule has 0 aliphatic heterocycles. The third-order valence-electron chi connectivity index (χ3n) is 3.68. The average Bonchev–Trinajstić information content (AvgIpc) is 3.19. The van der Waals surface area contributed by atoms with Gasteiger partial charge in [0.25, 0.3) is 0 Å². The van der Waals surface area contributed by atoms with E-state index in [0.717, 1.165) is 31.2 Å². The fourth-order valence-corrected chi connectivity index (χ4v) is 3.00. The summed E-state index contributed by atoms with van der Waals surface area (Å²) in [5.74, 6) is 0. The molecule has 0 spiro atoms. The van der Waals surface area contributed by atoms with E-state index >= 15 is 0 Å². The number of nitrogens with two attached hydrogens (primary N) is 1. The second-order valence-corrected chi connectivity index (χ2v) is 6.49. The van der Waals surface area contributed by atoms with Gasteiger partial charge in [0.05, 0.1) is 5.69 Å². The monoisotopic (exact) mass is 364 g/mol. The molecule has 1 aromatic rings. The largest absolute Gasteiger partial charge is 0.405 e. The van der Waals surface area contributed by atoms with E-state index in [9.17, 15) is 13.2 Å². The third-order valence-corrected chi connectivity index (χ3v) is 4.32. The predicted octanol–water partition coefficient (Wildman–Crippen LogP) is 4.26. The van der Waals surface area contributed by atoms with E-state index in [1.54, 1.807) is 6.07 Å². The number of hydrogen-bond acceptors (Lipinski definition) is 2. The summed E-state index contributed by atoms with van der Waals surface area (Å²) < 4.78 is 38.9. The molecule has 2 rings (SSSR count). The fraction of sp³-hybridized carbons (Fsp3) is 0.600. The predicted molar refractivity (Wildman–Crippen MR) is 82.5 cm³/mol. The van der Waals surface area contributed by atoms with Crippen molar-refractivity contribution in [1.82, 2.24) is 0 Å². The van der Waals surface area contributed by atoms with Crippen LogP contribution in [0.5, 0.6) is 0 Å². The summed E-state index contributed by atoms with van der Waals surface area (Å²) in [5, 5.41) is 0. The first-order valence-electron chi connectivity index (χ1n) is 7.17. The van der Waals surface area contributed by atoms with Crippen molar-refractivity contribution in [2.24, 2.45) is 5.73 Å². The topological polar surface area (TPSA) is 29.3 Å². The maximum atomic E-state index is 12.7. The molecule has 21 heavy (non-hydrogen) atoms. The summed E-state index contributed by atoms with van der Waals surface area (Å²) in [7, 11) is 0. The molecule has 1 saturated carbocycles. The Hall–Kier alpha value is -0.750. The van der Waals surface area contributed by atoms with Gasteiger partial charge in [-0.05, 0) is 59.3 Å². The fourth-order valence-electron chi connectivity index (χ4n) is 2.35. The minimum Gasteiger partial charge on any atom is -0.359 e. The van der Waals surface area contributed by atoms with Crippen LogP contribution in [0.25, 0.3) is 0 Å². The quantitative estimate of drug-likeness (QED) is 0.816. The van der Waals surface area contributed by atoms with Crippen LogP contribution in [-0.4, -0.2) is 24.8 Å². The van der Waals surface area contributed by atoms with E-state index in [-0.39, 0.29) is 12.1 Å². The van der Waals surface area contributed by atoms with Crippen LogP contribution in [0.4, 0.5) is 18.9 Å². The van der Waals surface area contributed by atoms with Gasteiger partial charge in [-0.2, -0.15) is 13.2 Å². The first-order chi connectivity index (χ1) is 9.80. The minimum absolute atomic E-state index is 0.00618. The summed E-state index contributed by atoms with van der Waals surface area (Å²) in [6.45, 7) is 1.12. The maximum absolute atomic E-state index is 12.7. The van der Waals surface area contributed by atoms with Gasteiger partial charge in [0.15, 0.2) is 0 Å². The standard InChI is InChI=1S/C15H20BrF3N2/c1-2-11(20)7-10-3-6-14(13(16)8-10)21(12-4-5-12)9-15(17,18)19/h3,6,8,11-12H,2,4-5,7,9,20H2,1H3. The molecule has 2 nitrogen and oxygen atoms in total. The maximum Gasteiger partial charge on any atom is 0.405 e. The molecule has 1 fully saturated rings. The van der Waals surface area contributed by atoms with Gasteiger partial charge in [-0.3, -0.25) is 0 Å². The third kappa shape index (κ3) is 4.88. The van der Waals surface area contributed by atoms with Crippen molar-refractivity contribution in [3.05, 3.63) is 28.2 Å². The molecule has 1 aliphatic rings. The lowest BCUT2D eigenvalue weighted by molar-refractivity contribution is -0.120. The van der Waals surface area contributed by atoms with Crippen molar-refractivity contribution < 1.29 is 13.2 Å². The van der Waals surface area contributed by atoms with Crippen molar-refractivity contribution >= 4 is 21.6 Å². The second-order valence-electron chi connectivity index (χ2n) is 5.63. The molecular weight excluding hydrogens is 345 g/mol. The van der Waals surface area contributed by atoms with E-state index in [1.165, 1.54) is 4.90 Å². The highest BCUT2D eigenvalue weighted by Gasteiger charge is 2.38. The van der Waals surface area contributed by atoms with Crippen LogP contribution in [0, 0.1) is 0 Å². The Bertz CT molecular complexity index is 486. The summed E-state index contributed by atoms with van der Waals surface area (Å²) in [5.41, 5.74) is 7.58. The van der Waals surface area contributed by atoms with E-state index in [2.05, 4.69) is 15.9 Å². The van der Waals surface area contributed by atoms with Crippen LogP contribution in [0.2, 0.25) is 0 Å². The number of hydrogen-bond donors (Lipinski definition) is 1. The molecule has 1 aromatic carbocycles. The lowest BCUT2D eigenvalue weighted by atomic mass is 10.0. The molecular formula is C15H20BrF3N2. The zero-order chi connectivity index (χ0) is 15.6. The number of anilines is 1. The van der Waals surface area contributed by atoms with Crippen molar-refractivity contribution in [1.29, 1.82) is 0 Å². The Kier molecular flexibility index (Phi) is 5.20. The van der Waals surface area contributed by atoms with Gasteiger partial charge >= 0.3 is 6.18 Å². The minimum atomic E-state index is -4.19. The zero-order valence-corrected chi connectivity index (χ0v) is 13.5. The Labute approximate surface area is 131 Å². The highest BCUT2D eigenvalue weighted by molar-refractivity contribution is 9.10. The summed E-state index contributed by atoms with van der Waals surface area (Å²) in [6, 6.07) is 5.62. The number of benzene rings is 1. The van der Waals surface area contributed by atoms with Crippen LogP contribution in [-0.2, 0) is 6.42 Å². The SMILES string of the molecule is CCC(N)Cc1ccc(N(CC(F)(F)F)C2CC2)c(Br)c1. The van der Waals surface area contributed by atoms with Gasteiger partial charge in [-0.25, -0.2) is 0 Å². The van der Waals surface area contributed by atoms with Crippen molar-refractivity contribution in [3.63, 3.8) is 0 Å². The number of halogens is 4. The van der Waals surface area contributed by atoms with Crippen LogP contribution < -0.4 is 10.6 Å². The lowest BCUT2D eigenvalue weighted by Crippen LogP contribution is -2.36. The number of rotatable bonds is 6. The van der Waals surface area contributed by atoms with Gasteiger partial charge in [0, 0.05) is 16.6 Å². The first-order valence-corrected chi connectivity index (χ1v) is 7.97. The molecule has 1 aliphatic carbocycles. The van der Waals surface area contributed by atoms with Crippen LogP contribution in [0.1, 0.15) is 31.7 Å². The lowest BCUT2D eigenvalue weighted by Gasteiger charge is -2.27. The van der Waals surface area contributed by atoms with Gasteiger partial charge in [0.1, 0.15) is 6.54 Å². The summed E-state index contributed by atoms with van der Waals surface area (Å²) in [4.78, 5) is 1.45. The smallest absolute Gasteiger partial charge is 0.359 e. The molecule has 2 N–H and O–H groups in total. The van der Waals surface area contributed by atoms with E-state index < -0.39 is 12.7 Å². The van der Waals surface area contributed by atoms with Crippen LogP contribution in [0.15, 0.2) is 22.7 Å². The Morgan fingerprint density at radius 2 is 2.05 bits per heavy atom. The molecule has 0 radical (unpaired) electrons. The summed E-state index contributed by atoms with van der Waals surface area (Å²) >= 11 is 3.41. The molecule has 118 valence electrons. The molecule has 0 heterocycles. The van der Waals surface area contributed by atoms with Gasteiger partial charge in [0.2, 0.25) is 0 Å². The molecule has 1 atom stereocenters. The second kappa shape index (κ2) is 6.57. The molecule has 0 saturated heterocycles. The number of alkyl halides is 3. The Morgan fingerprint density at radius 1 is 1.38 bits per heavy atom. The van der Waals surface area contributed by atoms with Gasteiger partial charge < -0.3 is 10.6 Å². The molecule has 1 unspecified atom stereocenters. The summed E-state index contributed by atoms with van der Waals surface area (Å²) in [6.07, 6.45) is -0.930. The van der Waals surface area contributed by atoms with Gasteiger partial charge in [-0.15, -0.1) is 0 Å². The molecule has 0 aromatic heterocycles. The van der Waals surface area contributed by atoms with Crippen molar-refractivity contribution in [2.45, 2.75) is 50.9 Å². The normalized spacial score (nSPS) is 16.9. The molecule has 0 bridgehead atoms. The van der Waals surface area contributed by atoms with E-state index in [1.807, 2.05) is 19.1 Å². The zero-order valence-electron chi connectivity index (χ0n) is 12.0. The highest BCUT2D eigenvalue weighted by Crippen LogP contribution is 2.38. The molecule has 6 heteroatoms. The Balaban J connectivity index is 2.17. The van der Waals surface area contributed by atoms with Crippen molar-refractivity contribution in [2.75, 3.05) is 11.4 Å². The van der Waals surface area contributed by atoms with E-state index in [0.29, 0.717) is 10.2 Å². The van der Waals surface area contributed by atoms with Gasteiger partial charge in [-0.1, -0.05) is 13.0 Å². The van der Waals surface area contributed by atoms with Crippen LogP contribution in [0.3, 0.4) is 0 Å². The van der Waals surface area contributed by atoms with Crippen molar-refractivity contribution in [3.8, 4) is 0 Å². The first kappa shape index (κ1) is 16.6.